The van der Waals surface area contributed by atoms with Crippen LogP contribution in [-0.2, 0) is 24.3 Å². The molecular formula is C19H18F3N5O2. The van der Waals surface area contributed by atoms with E-state index in [1.54, 1.807) is 21.9 Å². The first-order valence-electron chi connectivity index (χ1n) is 9.04. The fourth-order valence-corrected chi connectivity index (χ4v) is 3.41. The van der Waals surface area contributed by atoms with E-state index in [1.165, 1.54) is 6.26 Å². The quantitative estimate of drug-likeness (QED) is 0.658. The Hall–Kier alpha value is -3.14. The fraction of sp³-hybridized carbons (Fsp3) is 0.316. The highest BCUT2D eigenvalue weighted by molar-refractivity contribution is 5.77. The maximum atomic E-state index is 13.8. The smallest absolute Gasteiger partial charge is 0.224 e. The Morgan fingerprint density at radius 2 is 2.00 bits per heavy atom. The van der Waals surface area contributed by atoms with E-state index >= 15 is 0 Å². The van der Waals surface area contributed by atoms with Gasteiger partial charge >= 0.3 is 0 Å². The second-order valence-electron chi connectivity index (χ2n) is 6.96. The number of benzene rings is 1. The number of carbonyl (C=O) groups is 1. The van der Waals surface area contributed by atoms with E-state index in [0.29, 0.717) is 31.4 Å². The lowest BCUT2D eigenvalue weighted by Gasteiger charge is -2.28. The zero-order valence-electron chi connectivity index (χ0n) is 15.3. The Kier molecular flexibility index (Phi) is 5.10. The van der Waals surface area contributed by atoms with Crippen LogP contribution in [0.2, 0.25) is 0 Å². The molecule has 10 heteroatoms. The molecule has 2 N–H and O–H groups in total. The molecule has 2 aromatic heterocycles. The van der Waals surface area contributed by atoms with Crippen LogP contribution in [0.3, 0.4) is 0 Å². The molecule has 1 aliphatic heterocycles. The molecule has 0 unspecified atom stereocenters. The summed E-state index contributed by atoms with van der Waals surface area (Å²) in [4.78, 5) is 14.3. The van der Waals surface area contributed by atoms with Gasteiger partial charge in [-0.05, 0) is 24.1 Å². The fourth-order valence-electron chi connectivity index (χ4n) is 3.41. The number of furan rings is 1. The van der Waals surface area contributed by atoms with Crippen LogP contribution in [0.5, 0.6) is 0 Å². The van der Waals surface area contributed by atoms with Gasteiger partial charge in [0.15, 0.2) is 11.6 Å². The van der Waals surface area contributed by atoms with Crippen molar-refractivity contribution >= 4 is 5.91 Å². The van der Waals surface area contributed by atoms with Gasteiger partial charge < -0.3 is 15.1 Å². The van der Waals surface area contributed by atoms with E-state index in [2.05, 4.69) is 10.3 Å². The zero-order chi connectivity index (χ0) is 20.5. The van der Waals surface area contributed by atoms with Crippen molar-refractivity contribution in [2.24, 2.45) is 5.73 Å². The topological polar surface area (TPSA) is 90.2 Å². The number of hydrogen-bond donors (Lipinski definition) is 1. The number of rotatable bonds is 5. The van der Waals surface area contributed by atoms with Crippen LogP contribution in [-0.4, -0.2) is 38.4 Å². The van der Waals surface area contributed by atoms with Gasteiger partial charge in [0.25, 0.3) is 0 Å². The highest BCUT2D eigenvalue weighted by atomic mass is 19.2. The van der Waals surface area contributed by atoms with Crippen LogP contribution >= 0.6 is 0 Å². The standard InChI is InChI=1S/C19H18F3N5O2/c20-14-8-16(22)15(21)6-12(14)5-13(23)7-18(28)26-2-3-27-17(9-26)19(24-25-27)11-1-4-29-10-11/h1,4,6,8,10,13H,2-3,5,7,9,23H2/t13-/m1/s1. The SMILES string of the molecule is N[C@@H](CC(=O)N1CCn2nnc(-c3ccoc3)c2C1)Cc1cc(F)c(F)cc1F. The summed E-state index contributed by atoms with van der Waals surface area (Å²) in [6.07, 6.45) is 2.95. The van der Waals surface area contributed by atoms with Crippen molar-refractivity contribution in [2.75, 3.05) is 6.54 Å². The lowest BCUT2D eigenvalue weighted by atomic mass is 10.0. The summed E-state index contributed by atoms with van der Waals surface area (Å²) >= 11 is 0. The molecule has 0 spiro atoms. The lowest BCUT2D eigenvalue weighted by Crippen LogP contribution is -2.41. The van der Waals surface area contributed by atoms with Gasteiger partial charge in [-0.2, -0.15) is 0 Å². The molecule has 3 aromatic rings. The number of nitrogens with two attached hydrogens (primary N) is 1. The second-order valence-corrected chi connectivity index (χ2v) is 6.96. The minimum atomic E-state index is -1.26. The maximum absolute atomic E-state index is 13.8. The average molecular weight is 405 g/mol. The van der Waals surface area contributed by atoms with Crippen LogP contribution in [0.4, 0.5) is 13.2 Å². The van der Waals surface area contributed by atoms with Crippen molar-refractivity contribution in [1.82, 2.24) is 19.9 Å². The summed E-state index contributed by atoms with van der Waals surface area (Å²) in [5.74, 6) is -3.51. The number of aromatic nitrogens is 3. The third-order valence-electron chi connectivity index (χ3n) is 4.92. The van der Waals surface area contributed by atoms with Crippen molar-refractivity contribution in [3.8, 4) is 11.3 Å². The normalized spacial score (nSPS) is 14.7. The molecule has 1 amide bonds. The molecule has 29 heavy (non-hydrogen) atoms. The Morgan fingerprint density at radius 3 is 2.76 bits per heavy atom. The first-order valence-corrected chi connectivity index (χ1v) is 9.04. The maximum Gasteiger partial charge on any atom is 0.224 e. The van der Waals surface area contributed by atoms with Gasteiger partial charge in [-0.1, -0.05) is 5.21 Å². The molecule has 0 radical (unpaired) electrons. The lowest BCUT2D eigenvalue weighted by molar-refractivity contribution is -0.133. The Morgan fingerprint density at radius 1 is 1.21 bits per heavy atom. The molecule has 0 saturated carbocycles. The van der Waals surface area contributed by atoms with Crippen LogP contribution < -0.4 is 5.73 Å². The highest BCUT2D eigenvalue weighted by Gasteiger charge is 2.27. The van der Waals surface area contributed by atoms with E-state index in [1.807, 2.05) is 0 Å². The Labute approximate surface area is 163 Å². The van der Waals surface area contributed by atoms with Crippen molar-refractivity contribution < 1.29 is 22.4 Å². The molecule has 0 aliphatic carbocycles. The first-order chi connectivity index (χ1) is 13.9. The van der Waals surface area contributed by atoms with E-state index in [4.69, 9.17) is 10.2 Å². The van der Waals surface area contributed by atoms with Gasteiger partial charge in [0.2, 0.25) is 5.91 Å². The van der Waals surface area contributed by atoms with Crippen LogP contribution in [0.25, 0.3) is 11.3 Å². The van der Waals surface area contributed by atoms with E-state index < -0.39 is 23.5 Å². The molecule has 0 saturated heterocycles. The zero-order valence-corrected chi connectivity index (χ0v) is 15.3. The number of nitrogens with zero attached hydrogens (tertiary/aromatic N) is 4. The minimum Gasteiger partial charge on any atom is -0.472 e. The summed E-state index contributed by atoms with van der Waals surface area (Å²) in [6, 6.07) is 2.28. The van der Waals surface area contributed by atoms with Gasteiger partial charge in [-0.3, -0.25) is 4.79 Å². The van der Waals surface area contributed by atoms with Crippen molar-refractivity contribution in [3.63, 3.8) is 0 Å². The molecule has 152 valence electrons. The molecule has 1 aromatic carbocycles. The summed E-state index contributed by atoms with van der Waals surface area (Å²) in [6.45, 7) is 1.23. The third-order valence-corrected chi connectivity index (χ3v) is 4.92. The van der Waals surface area contributed by atoms with Crippen molar-refractivity contribution in [3.05, 3.63) is 59.4 Å². The van der Waals surface area contributed by atoms with Gasteiger partial charge in [0.1, 0.15) is 11.5 Å². The Bertz CT molecular complexity index is 1030. The van der Waals surface area contributed by atoms with Crippen molar-refractivity contribution in [2.45, 2.75) is 32.0 Å². The van der Waals surface area contributed by atoms with E-state index in [0.717, 1.165) is 17.3 Å². The molecule has 7 nitrogen and oxygen atoms in total. The highest BCUT2D eigenvalue weighted by Crippen LogP contribution is 2.25. The predicted molar refractivity (Wildman–Crippen MR) is 95.8 cm³/mol. The predicted octanol–water partition coefficient (Wildman–Crippen LogP) is 2.26. The molecular weight excluding hydrogens is 387 g/mol. The van der Waals surface area contributed by atoms with Gasteiger partial charge in [-0.25, -0.2) is 17.9 Å². The van der Waals surface area contributed by atoms with Crippen molar-refractivity contribution in [1.29, 1.82) is 0 Å². The molecule has 0 fully saturated rings. The largest absolute Gasteiger partial charge is 0.472 e. The summed E-state index contributed by atoms with van der Waals surface area (Å²) in [5.41, 5.74) is 8.11. The van der Waals surface area contributed by atoms with Crippen LogP contribution in [0, 0.1) is 17.5 Å². The monoisotopic (exact) mass is 405 g/mol. The van der Waals surface area contributed by atoms with Gasteiger partial charge in [0.05, 0.1) is 31.3 Å². The van der Waals surface area contributed by atoms with E-state index in [-0.39, 0.29) is 24.3 Å². The minimum absolute atomic E-state index is 0.0545. The molecule has 0 bridgehead atoms. The molecule has 4 rings (SSSR count). The van der Waals surface area contributed by atoms with E-state index in [9.17, 15) is 18.0 Å². The summed E-state index contributed by atoms with van der Waals surface area (Å²) in [5, 5.41) is 8.26. The Balaban J connectivity index is 1.42. The summed E-state index contributed by atoms with van der Waals surface area (Å²) < 4.78 is 47.0. The molecule has 1 aliphatic rings. The average Bonchev–Trinajstić information content (AvgIpc) is 3.34. The number of amides is 1. The third kappa shape index (κ3) is 3.88. The second kappa shape index (κ2) is 7.70. The van der Waals surface area contributed by atoms with Crippen LogP contribution in [0.15, 0.2) is 35.1 Å². The number of halogens is 3. The summed E-state index contributed by atoms with van der Waals surface area (Å²) in [7, 11) is 0. The molecule has 3 heterocycles. The first kappa shape index (κ1) is 19.2. The van der Waals surface area contributed by atoms with Crippen LogP contribution in [0.1, 0.15) is 17.7 Å². The molecule has 1 atom stereocenters. The van der Waals surface area contributed by atoms with Gasteiger partial charge in [-0.15, -0.1) is 5.10 Å². The number of hydrogen-bond acceptors (Lipinski definition) is 5. The van der Waals surface area contributed by atoms with Gasteiger partial charge in [0, 0.05) is 30.6 Å². The number of carbonyl (C=O) groups excluding carboxylic acids is 1. The number of fused-ring (bicyclic) bond motifs is 1.